The Hall–Kier alpha value is -0.460. The van der Waals surface area contributed by atoms with Gasteiger partial charge in [0, 0.05) is 6.42 Å². The van der Waals surface area contributed by atoms with E-state index >= 15 is 0 Å². The van der Waals surface area contributed by atoms with Crippen molar-refractivity contribution in [2.24, 2.45) is 0 Å². The molecule has 0 spiro atoms. The molecule has 0 aliphatic rings. The average molecular weight is 83.1 g/mol. The molecule has 0 unspecified atom stereocenters. The maximum absolute atomic E-state index is 9.93. The molecule has 2 radical (unpaired) electrons. The Bertz CT molecular complexity index is 51.0. The van der Waals surface area contributed by atoms with Crippen LogP contribution in [0.5, 0.6) is 0 Å². The van der Waals surface area contributed by atoms with E-state index < -0.39 is 0 Å². The summed E-state index contributed by atoms with van der Waals surface area (Å²) >= 11 is 0. The van der Waals surface area contributed by atoms with Gasteiger partial charge in [0.2, 0.25) is 0 Å². The van der Waals surface area contributed by atoms with Gasteiger partial charge < -0.3 is 5.11 Å². The lowest BCUT2D eigenvalue weighted by Gasteiger charge is -1.98. The van der Waals surface area contributed by atoms with Crippen molar-refractivity contribution in [3.05, 3.63) is 18.3 Å². The third-order valence-electron chi connectivity index (χ3n) is 0.348. The Balaban J connectivity index is 3.14. The summed E-state index contributed by atoms with van der Waals surface area (Å²) in [5, 5.41) is 9.93. The summed E-state index contributed by atoms with van der Waals surface area (Å²) in [6.45, 7) is 3.19. The molecule has 6 heavy (non-hydrogen) atoms. The molecule has 0 bridgehead atoms. The molecular formula is C5H7O-. The van der Waals surface area contributed by atoms with Gasteiger partial charge in [0.05, 0.1) is 0 Å². The average Bonchev–Trinajstić information content (AvgIpc) is 1.35. The third kappa shape index (κ3) is 3.54. The largest absolute Gasteiger partial charge is 0.876 e. The van der Waals surface area contributed by atoms with E-state index in [1.54, 1.807) is 6.92 Å². The molecule has 0 aliphatic carbocycles. The minimum Gasteiger partial charge on any atom is -0.876 e. The van der Waals surface area contributed by atoms with Crippen LogP contribution in [-0.2, 0) is 0 Å². The highest BCUT2D eigenvalue weighted by atomic mass is 16.3. The van der Waals surface area contributed by atoms with Crippen molar-refractivity contribution < 1.29 is 5.11 Å². The number of hydrogen-bond acceptors (Lipinski definition) is 1. The predicted octanol–water partition coefficient (Wildman–Crippen LogP) is 0.352. The van der Waals surface area contributed by atoms with Crippen LogP contribution in [0, 0.1) is 6.42 Å². The molecular weight excluding hydrogens is 76.1 g/mol. The summed E-state index contributed by atoms with van der Waals surface area (Å²) in [7, 11) is 0. The Morgan fingerprint density at radius 1 is 1.83 bits per heavy atom. The molecule has 1 nitrogen and oxygen atoms in total. The minimum atomic E-state index is 0.0532. The van der Waals surface area contributed by atoms with Crippen molar-refractivity contribution >= 4 is 0 Å². The van der Waals surface area contributed by atoms with E-state index in [2.05, 4.69) is 6.42 Å². The second-order valence-corrected chi connectivity index (χ2v) is 1.04. The molecule has 0 aromatic rings. The number of allylic oxidation sites excluding steroid dienone is 2. The lowest BCUT2D eigenvalue weighted by Crippen LogP contribution is -1.96. The highest BCUT2D eigenvalue weighted by Gasteiger charge is 1.60. The van der Waals surface area contributed by atoms with Crippen LogP contribution in [0.25, 0.3) is 0 Å². The quantitative estimate of drug-likeness (QED) is 0.419. The van der Waals surface area contributed by atoms with Crippen molar-refractivity contribution in [1.82, 2.24) is 0 Å². The van der Waals surface area contributed by atoms with Gasteiger partial charge in [0.25, 0.3) is 0 Å². The molecule has 1 heteroatoms. The Labute approximate surface area is 38.3 Å². The van der Waals surface area contributed by atoms with Crippen molar-refractivity contribution in [3.8, 4) is 0 Å². The molecule has 0 saturated carbocycles. The van der Waals surface area contributed by atoms with Gasteiger partial charge in [0.15, 0.2) is 0 Å². The van der Waals surface area contributed by atoms with Crippen LogP contribution in [0.1, 0.15) is 13.8 Å². The van der Waals surface area contributed by atoms with E-state index in [1.165, 1.54) is 13.0 Å². The van der Waals surface area contributed by atoms with Crippen molar-refractivity contribution in [3.63, 3.8) is 0 Å². The molecule has 0 amide bonds. The van der Waals surface area contributed by atoms with Crippen LogP contribution < -0.4 is 5.11 Å². The van der Waals surface area contributed by atoms with Gasteiger partial charge in [-0.2, -0.15) is 0 Å². The Morgan fingerprint density at radius 2 is 2.33 bits per heavy atom. The Morgan fingerprint density at radius 3 is 2.33 bits per heavy atom. The van der Waals surface area contributed by atoms with Crippen LogP contribution >= 0.6 is 0 Å². The van der Waals surface area contributed by atoms with Gasteiger partial charge in [-0.25, -0.2) is 0 Å². The van der Waals surface area contributed by atoms with Gasteiger partial charge in [-0.05, 0) is 0 Å². The maximum Gasteiger partial charge on any atom is 0.00406 e. The fourth-order valence-corrected chi connectivity index (χ4v) is 0.203. The molecule has 0 aromatic carbocycles. The Kier molecular flexibility index (Phi) is 2.55. The van der Waals surface area contributed by atoms with E-state index in [-0.39, 0.29) is 5.76 Å². The van der Waals surface area contributed by atoms with Crippen molar-refractivity contribution in [2.45, 2.75) is 13.8 Å². The van der Waals surface area contributed by atoms with Crippen LogP contribution in [0.4, 0.5) is 0 Å². The van der Waals surface area contributed by atoms with Crippen LogP contribution in [0.15, 0.2) is 11.8 Å². The standard InChI is InChI=1S/C5H8O/c1-3-4-5(2)6/h4,6H,1-2H3/p-1/b5-4-. The fourth-order valence-electron chi connectivity index (χ4n) is 0.203. The second kappa shape index (κ2) is 2.76. The van der Waals surface area contributed by atoms with Crippen molar-refractivity contribution in [2.75, 3.05) is 0 Å². The van der Waals surface area contributed by atoms with E-state index in [0.29, 0.717) is 0 Å². The summed E-state index contributed by atoms with van der Waals surface area (Å²) in [5.41, 5.74) is 0. The summed E-state index contributed by atoms with van der Waals surface area (Å²) in [6, 6.07) is 0. The second-order valence-electron chi connectivity index (χ2n) is 1.04. The molecule has 0 atom stereocenters. The molecule has 0 N–H and O–H groups in total. The smallest absolute Gasteiger partial charge is 0.00406 e. The number of rotatable bonds is 1. The summed E-state index contributed by atoms with van der Waals surface area (Å²) in [5.74, 6) is 0.0532. The normalized spacial score (nSPS) is 12.0. The van der Waals surface area contributed by atoms with Gasteiger partial charge in [-0.15, -0.1) is 5.76 Å². The van der Waals surface area contributed by atoms with Gasteiger partial charge in [-0.3, -0.25) is 0 Å². The molecule has 34 valence electrons. The fraction of sp³-hybridized carbons (Fsp3) is 0.400. The number of hydrogen-bond donors (Lipinski definition) is 0. The molecule has 0 fully saturated rings. The SMILES string of the molecule is C[C]/C=C(/C)[O-]. The van der Waals surface area contributed by atoms with Gasteiger partial charge >= 0.3 is 0 Å². The van der Waals surface area contributed by atoms with Gasteiger partial charge in [-0.1, -0.05) is 19.9 Å². The summed E-state index contributed by atoms with van der Waals surface area (Å²) in [4.78, 5) is 0. The lowest BCUT2D eigenvalue weighted by atomic mass is 10.4. The van der Waals surface area contributed by atoms with Crippen LogP contribution in [0.2, 0.25) is 0 Å². The highest BCUT2D eigenvalue weighted by Crippen LogP contribution is 1.79. The van der Waals surface area contributed by atoms with Crippen molar-refractivity contribution in [1.29, 1.82) is 0 Å². The molecule has 0 heterocycles. The highest BCUT2D eigenvalue weighted by molar-refractivity contribution is 4.93. The summed E-state index contributed by atoms with van der Waals surface area (Å²) in [6.07, 6.45) is 4.00. The first-order valence-electron chi connectivity index (χ1n) is 1.78. The topological polar surface area (TPSA) is 23.1 Å². The van der Waals surface area contributed by atoms with E-state index in [4.69, 9.17) is 0 Å². The first-order chi connectivity index (χ1) is 2.77. The maximum atomic E-state index is 9.93. The molecule has 0 aromatic heterocycles. The summed E-state index contributed by atoms with van der Waals surface area (Å²) < 4.78 is 0. The van der Waals surface area contributed by atoms with E-state index in [0.717, 1.165) is 0 Å². The van der Waals surface area contributed by atoms with Crippen LogP contribution in [-0.4, -0.2) is 0 Å². The zero-order valence-corrected chi connectivity index (χ0v) is 3.99. The molecule has 0 aliphatic heterocycles. The first kappa shape index (κ1) is 5.54. The molecule has 0 rings (SSSR count). The minimum absolute atomic E-state index is 0.0532. The monoisotopic (exact) mass is 83.1 g/mol. The van der Waals surface area contributed by atoms with Crippen LogP contribution in [0.3, 0.4) is 0 Å². The van der Waals surface area contributed by atoms with E-state index in [1.807, 2.05) is 0 Å². The zero-order valence-electron chi connectivity index (χ0n) is 3.99. The molecule has 0 saturated heterocycles. The third-order valence-corrected chi connectivity index (χ3v) is 0.348. The predicted molar refractivity (Wildman–Crippen MR) is 22.7 cm³/mol. The lowest BCUT2D eigenvalue weighted by molar-refractivity contribution is -0.301. The zero-order chi connectivity index (χ0) is 4.99. The first-order valence-corrected chi connectivity index (χ1v) is 1.78. The van der Waals surface area contributed by atoms with Gasteiger partial charge in [0.1, 0.15) is 0 Å². The van der Waals surface area contributed by atoms with E-state index in [9.17, 15) is 5.11 Å².